The normalized spacial score (nSPS) is 13.8. The smallest absolute Gasteiger partial charge is 0.271 e. The Labute approximate surface area is 101 Å². The summed E-state index contributed by atoms with van der Waals surface area (Å²) in [6.07, 6.45) is -5.66. The molecule has 1 aromatic carbocycles. The van der Waals surface area contributed by atoms with Crippen molar-refractivity contribution in [3.05, 3.63) is 34.6 Å². The summed E-state index contributed by atoms with van der Waals surface area (Å²) in [5.41, 5.74) is 2.13. The summed E-state index contributed by atoms with van der Waals surface area (Å²) in [7, 11) is 0. The minimum absolute atomic E-state index is 0.102. The van der Waals surface area contributed by atoms with Crippen LogP contribution >= 0.6 is 11.6 Å². The number of halogens is 5. The van der Waals surface area contributed by atoms with Gasteiger partial charge in [0.1, 0.15) is 5.82 Å². The molecule has 0 fully saturated rings. The van der Waals surface area contributed by atoms with Gasteiger partial charge < -0.3 is 0 Å². The molecule has 17 heavy (non-hydrogen) atoms. The molecule has 0 bridgehead atoms. The van der Waals surface area contributed by atoms with Crippen molar-refractivity contribution in [2.45, 2.75) is 25.1 Å². The minimum atomic E-state index is -4.36. The molecular formula is C10H11ClF4N2. The second kappa shape index (κ2) is 5.66. The Morgan fingerprint density at radius 2 is 2.00 bits per heavy atom. The highest BCUT2D eigenvalue weighted by atomic mass is 35.5. The van der Waals surface area contributed by atoms with E-state index in [2.05, 4.69) is 0 Å². The zero-order valence-electron chi connectivity index (χ0n) is 8.69. The first kappa shape index (κ1) is 14.2. The second-order valence-electron chi connectivity index (χ2n) is 3.62. The van der Waals surface area contributed by atoms with Crippen molar-refractivity contribution in [1.29, 1.82) is 0 Å². The molecule has 0 aromatic heterocycles. The number of benzene rings is 1. The maximum Gasteiger partial charge on any atom is 0.390 e. The zero-order chi connectivity index (χ0) is 13.1. The van der Waals surface area contributed by atoms with Crippen molar-refractivity contribution in [2.24, 2.45) is 5.84 Å². The summed E-state index contributed by atoms with van der Waals surface area (Å²) in [6.45, 7) is 0. The van der Waals surface area contributed by atoms with Gasteiger partial charge in [0.25, 0.3) is 0 Å². The molecule has 0 aliphatic rings. The lowest BCUT2D eigenvalue weighted by atomic mass is 10.0. The van der Waals surface area contributed by atoms with E-state index < -0.39 is 24.5 Å². The van der Waals surface area contributed by atoms with Crippen LogP contribution in [0.4, 0.5) is 17.6 Å². The summed E-state index contributed by atoms with van der Waals surface area (Å²) < 4.78 is 49.8. The average Bonchev–Trinajstić information content (AvgIpc) is 2.20. The molecule has 0 saturated heterocycles. The largest absolute Gasteiger partial charge is 0.390 e. The maximum absolute atomic E-state index is 13.3. The fourth-order valence-corrected chi connectivity index (χ4v) is 1.63. The Bertz CT molecular complexity index is 381. The van der Waals surface area contributed by atoms with Crippen molar-refractivity contribution >= 4 is 11.6 Å². The van der Waals surface area contributed by atoms with E-state index in [0.717, 1.165) is 6.07 Å². The van der Waals surface area contributed by atoms with E-state index in [1.807, 2.05) is 5.43 Å². The molecule has 1 rings (SSSR count). The van der Waals surface area contributed by atoms with Crippen LogP contribution < -0.4 is 11.3 Å². The minimum Gasteiger partial charge on any atom is -0.271 e. The van der Waals surface area contributed by atoms with E-state index in [1.165, 1.54) is 12.1 Å². The summed E-state index contributed by atoms with van der Waals surface area (Å²) in [6, 6.07) is 2.65. The first-order chi connectivity index (χ1) is 7.81. The third-order valence-corrected chi connectivity index (χ3v) is 2.42. The molecule has 1 unspecified atom stereocenters. The first-order valence-corrected chi connectivity index (χ1v) is 5.16. The highest BCUT2D eigenvalue weighted by molar-refractivity contribution is 6.30. The number of hydrogen-bond acceptors (Lipinski definition) is 2. The van der Waals surface area contributed by atoms with E-state index in [1.54, 1.807) is 0 Å². The number of nitrogens with one attached hydrogen (secondary N) is 1. The highest BCUT2D eigenvalue weighted by Crippen LogP contribution is 2.24. The fourth-order valence-electron chi connectivity index (χ4n) is 1.43. The Morgan fingerprint density at radius 1 is 1.35 bits per heavy atom. The van der Waals surface area contributed by atoms with E-state index in [-0.39, 0.29) is 17.0 Å². The molecule has 3 N–H and O–H groups in total. The number of alkyl halides is 3. The summed E-state index contributed by atoms with van der Waals surface area (Å²) in [4.78, 5) is 0. The van der Waals surface area contributed by atoms with Crippen molar-refractivity contribution in [1.82, 2.24) is 5.43 Å². The number of nitrogens with two attached hydrogens (primary N) is 1. The molecule has 0 aliphatic carbocycles. The molecule has 0 heterocycles. The van der Waals surface area contributed by atoms with Crippen LogP contribution in [0.5, 0.6) is 0 Å². The third kappa shape index (κ3) is 4.89. The summed E-state index contributed by atoms with van der Waals surface area (Å²) in [5, 5.41) is 0.268. The first-order valence-electron chi connectivity index (χ1n) is 4.78. The molecule has 0 spiro atoms. The third-order valence-electron chi connectivity index (χ3n) is 2.19. The molecule has 0 amide bonds. The van der Waals surface area contributed by atoms with E-state index in [0.29, 0.717) is 0 Å². The second-order valence-corrected chi connectivity index (χ2v) is 4.06. The molecule has 2 nitrogen and oxygen atoms in total. The maximum atomic E-state index is 13.3. The van der Waals surface area contributed by atoms with Gasteiger partial charge in [0.15, 0.2) is 0 Å². The van der Waals surface area contributed by atoms with Crippen LogP contribution in [-0.4, -0.2) is 12.2 Å². The SMILES string of the molecule is NNC(Cc1cc(Cl)ccc1F)CC(F)(F)F. The lowest BCUT2D eigenvalue weighted by Crippen LogP contribution is -2.40. The monoisotopic (exact) mass is 270 g/mol. The van der Waals surface area contributed by atoms with Crippen LogP contribution in [0, 0.1) is 5.82 Å². The molecule has 0 radical (unpaired) electrons. The van der Waals surface area contributed by atoms with Gasteiger partial charge in [-0.15, -0.1) is 0 Å². The predicted octanol–water partition coefficient (Wildman–Crippen LogP) is 2.81. The highest BCUT2D eigenvalue weighted by Gasteiger charge is 2.31. The zero-order valence-corrected chi connectivity index (χ0v) is 9.45. The summed E-state index contributed by atoms with van der Waals surface area (Å²) in [5.74, 6) is 4.41. The molecular weight excluding hydrogens is 260 g/mol. The summed E-state index contributed by atoms with van der Waals surface area (Å²) >= 11 is 5.64. The van der Waals surface area contributed by atoms with E-state index in [4.69, 9.17) is 17.4 Å². The molecule has 1 atom stereocenters. The van der Waals surface area contributed by atoms with Gasteiger partial charge in [-0.25, -0.2) is 4.39 Å². The number of hydrazine groups is 1. The van der Waals surface area contributed by atoms with Gasteiger partial charge in [0, 0.05) is 11.1 Å². The molecule has 0 aliphatic heterocycles. The van der Waals surface area contributed by atoms with Gasteiger partial charge in [0.05, 0.1) is 6.42 Å². The Hall–Kier alpha value is -0.850. The number of hydrogen-bond donors (Lipinski definition) is 2. The quantitative estimate of drug-likeness (QED) is 0.502. The topological polar surface area (TPSA) is 38.0 Å². The van der Waals surface area contributed by atoms with Crippen molar-refractivity contribution in [3.8, 4) is 0 Å². The number of rotatable bonds is 4. The lowest BCUT2D eigenvalue weighted by molar-refractivity contribution is -0.140. The van der Waals surface area contributed by atoms with Gasteiger partial charge in [-0.05, 0) is 30.2 Å². The van der Waals surface area contributed by atoms with Crippen LogP contribution in [-0.2, 0) is 6.42 Å². The van der Waals surface area contributed by atoms with Gasteiger partial charge in [-0.3, -0.25) is 11.3 Å². The molecule has 0 saturated carbocycles. The Morgan fingerprint density at radius 3 is 2.53 bits per heavy atom. The Kier molecular flexibility index (Phi) is 4.73. The van der Waals surface area contributed by atoms with Crippen molar-refractivity contribution < 1.29 is 17.6 Å². The van der Waals surface area contributed by atoms with Gasteiger partial charge in [-0.2, -0.15) is 13.2 Å². The molecule has 7 heteroatoms. The van der Waals surface area contributed by atoms with Gasteiger partial charge >= 0.3 is 6.18 Å². The van der Waals surface area contributed by atoms with Crippen molar-refractivity contribution in [2.75, 3.05) is 0 Å². The van der Waals surface area contributed by atoms with Gasteiger partial charge in [-0.1, -0.05) is 11.6 Å². The van der Waals surface area contributed by atoms with E-state index >= 15 is 0 Å². The predicted molar refractivity (Wildman–Crippen MR) is 56.9 cm³/mol. The van der Waals surface area contributed by atoms with Crippen LogP contribution in [0.2, 0.25) is 5.02 Å². The Balaban J connectivity index is 2.77. The lowest BCUT2D eigenvalue weighted by Gasteiger charge is -2.18. The molecule has 1 aromatic rings. The van der Waals surface area contributed by atoms with Crippen LogP contribution in [0.25, 0.3) is 0 Å². The van der Waals surface area contributed by atoms with Crippen LogP contribution in [0.1, 0.15) is 12.0 Å². The average molecular weight is 271 g/mol. The fraction of sp³-hybridized carbons (Fsp3) is 0.400. The van der Waals surface area contributed by atoms with E-state index in [9.17, 15) is 17.6 Å². The van der Waals surface area contributed by atoms with Crippen molar-refractivity contribution in [3.63, 3.8) is 0 Å². The van der Waals surface area contributed by atoms with Gasteiger partial charge in [0.2, 0.25) is 0 Å². The van der Waals surface area contributed by atoms with Crippen LogP contribution in [0.3, 0.4) is 0 Å². The standard InChI is InChI=1S/C10H11ClF4N2/c11-7-1-2-9(12)6(3-7)4-8(17-16)5-10(13,14)15/h1-3,8,17H,4-5,16H2. The van der Waals surface area contributed by atoms with Crippen LogP contribution in [0.15, 0.2) is 18.2 Å². The molecule has 96 valence electrons.